The number of rotatable bonds is 10. The average Bonchev–Trinajstić information content (AvgIpc) is 3.92. The van der Waals surface area contributed by atoms with Crippen LogP contribution in [0.2, 0.25) is 0 Å². The van der Waals surface area contributed by atoms with Crippen molar-refractivity contribution in [3.05, 3.63) is 59.4 Å². The molecular weight excluding hydrogens is 759 g/mol. The van der Waals surface area contributed by atoms with Crippen LogP contribution in [0.4, 0.5) is 35.3 Å². The third-order valence-corrected chi connectivity index (χ3v) is 12.0. The Labute approximate surface area is 334 Å². The molecule has 3 aliphatic heterocycles. The highest BCUT2D eigenvalue weighted by Gasteiger charge is 2.52. The molecule has 2 N–H and O–H groups in total. The van der Waals surface area contributed by atoms with Crippen LogP contribution in [-0.2, 0) is 22.9 Å². The Bertz CT molecular complexity index is 2200. The van der Waals surface area contributed by atoms with Gasteiger partial charge in [0.2, 0.25) is 5.91 Å². The summed E-state index contributed by atoms with van der Waals surface area (Å²) in [6.45, 7) is 11.8. The van der Waals surface area contributed by atoms with Gasteiger partial charge in [0, 0.05) is 43.7 Å². The lowest BCUT2D eigenvalue weighted by atomic mass is 9.71. The van der Waals surface area contributed by atoms with Crippen LogP contribution >= 0.6 is 0 Å². The summed E-state index contributed by atoms with van der Waals surface area (Å²) in [5.41, 5.74) is 0.734. The number of benzene rings is 1. The lowest BCUT2D eigenvalue weighted by molar-refractivity contribution is -0.157. The van der Waals surface area contributed by atoms with E-state index in [0.717, 1.165) is 17.5 Å². The normalized spacial score (nSPS) is 19.8. The van der Waals surface area contributed by atoms with Crippen LogP contribution in [0.3, 0.4) is 0 Å². The molecule has 1 aromatic carbocycles. The molecule has 58 heavy (non-hydrogen) atoms. The molecule has 0 aliphatic carbocycles. The Hall–Kier alpha value is -5.68. The minimum absolute atomic E-state index is 0.0898. The predicted molar refractivity (Wildman–Crippen MR) is 207 cm³/mol. The molecule has 310 valence electrons. The van der Waals surface area contributed by atoms with E-state index >= 15 is 0 Å². The number of amides is 2. The molecule has 0 bridgehead atoms. The number of hydrogen-bond acceptors (Lipinski definition) is 12. The van der Waals surface area contributed by atoms with E-state index in [4.69, 9.17) is 23.9 Å². The minimum atomic E-state index is -4.82. The summed E-state index contributed by atoms with van der Waals surface area (Å²) in [4.78, 5) is 46.0. The maximum atomic E-state index is 14.1. The molecule has 3 aliphatic rings. The largest absolute Gasteiger partial charge is 0.497 e. The first kappa shape index (κ1) is 40.5. The van der Waals surface area contributed by atoms with Crippen molar-refractivity contribution in [3.8, 4) is 23.1 Å². The topological polar surface area (TPSA) is 172 Å². The van der Waals surface area contributed by atoms with Gasteiger partial charge in [0.15, 0.2) is 0 Å². The van der Waals surface area contributed by atoms with E-state index in [1.165, 1.54) is 17.3 Å². The van der Waals surface area contributed by atoms with Crippen LogP contribution in [0.15, 0.2) is 41.1 Å². The van der Waals surface area contributed by atoms with Gasteiger partial charge in [0.25, 0.3) is 5.89 Å². The summed E-state index contributed by atoms with van der Waals surface area (Å²) in [5, 5.41) is 20.5. The van der Waals surface area contributed by atoms with Crippen molar-refractivity contribution in [2.45, 2.75) is 89.9 Å². The Kier molecular flexibility index (Phi) is 10.4. The predicted octanol–water partition coefficient (Wildman–Crippen LogP) is 7.14. The second-order valence-electron chi connectivity index (χ2n) is 16.6. The second-order valence-corrected chi connectivity index (χ2v) is 16.6. The molecule has 18 heteroatoms. The van der Waals surface area contributed by atoms with Crippen LogP contribution in [0, 0.1) is 5.41 Å². The summed E-state index contributed by atoms with van der Waals surface area (Å²) in [6.07, 6.45) is -1.81. The van der Waals surface area contributed by atoms with Crippen molar-refractivity contribution in [3.63, 3.8) is 0 Å². The lowest BCUT2D eigenvalue weighted by Crippen LogP contribution is -2.59. The van der Waals surface area contributed by atoms with Gasteiger partial charge in [0.05, 0.1) is 48.7 Å². The highest BCUT2D eigenvalue weighted by atomic mass is 19.4. The van der Waals surface area contributed by atoms with Gasteiger partial charge in [0.1, 0.15) is 35.2 Å². The zero-order valence-electron chi connectivity index (χ0n) is 33.6. The van der Waals surface area contributed by atoms with E-state index in [-0.39, 0.29) is 30.0 Å². The van der Waals surface area contributed by atoms with Gasteiger partial charge in [-0.05, 0) is 69.2 Å². The number of likely N-dealkylation sites (tertiary alicyclic amines) is 1. The van der Waals surface area contributed by atoms with Crippen molar-refractivity contribution in [2.24, 2.45) is 5.41 Å². The minimum Gasteiger partial charge on any atom is -0.497 e. The second kappa shape index (κ2) is 14.9. The van der Waals surface area contributed by atoms with Gasteiger partial charge in [-0.3, -0.25) is 9.69 Å². The first-order valence-electron chi connectivity index (χ1n) is 19.2. The average molecular weight is 808 g/mol. The molecule has 3 aromatic heterocycles. The molecular formula is C40H48F3N9O6. The number of carbonyl (C=O) groups excluding carboxylic acids is 1. The SMILES string of the molecule is COc1ccc(CN2C(=O)C(C)(C)c3c(N4CCC(c5nc(-c6nnc(C(F)(F)F)o6)ccc5NC[C@@]5(C(C)(C)C)CCCN5C(=O)O)CC4)ncnc32)c(OC)c1. The van der Waals surface area contributed by atoms with Gasteiger partial charge < -0.3 is 34.1 Å². The highest BCUT2D eigenvalue weighted by molar-refractivity contribution is 6.08. The third kappa shape index (κ3) is 7.10. The van der Waals surface area contributed by atoms with Crippen molar-refractivity contribution in [1.82, 2.24) is 30.0 Å². The zero-order valence-corrected chi connectivity index (χ0v) is 33.6. The molecule has 7 rings (SSSR count). The van der Waals surface area contributed by atoms with E-state index < -0.39 is 34.5 Å². The highest BCUT2D eigenvalue weighted by Crippen LogP contribution is 2.48. The molecule has 2 amide bonds. The van der Waals surface area contributed by atoms with E-state index in [1.807, 2.05) is 46.8 Å². The maximum absolute atomic E-state index is 14.1. The molecule has 0 saturated carbocycles. The zero-order chi connectivity index (χ0) is 41.8. The number of fused-ring (bicyclic) bond motifs is 1. The Balaban J connectivity index is 1.18. The lowest BCUT2D eigenvalue weighted by Gasteiger charge is -2.47. The molecule has 1 atom stereocenters. The number of anilines is 3. The molecule has 4 aromatic rings. The number of halogens is 3. The van der Waals surface area contributed by atoms with Crippen LogP contribution in [0.25, 0.3) is 11.6 Å². The number of aromatic nitrogens is 5. The summed E-state index contributed by atoms with van der Waals surface area (Å²) in [5.74, 6) is 0.257. The molecule has 0 spiro atoms. The number of ether oxygens (including phenoxy) is 2. The van der Waals surface area contributed by atoms with Crippen LogP contribution in [0.1, 0.15) is 88.9 Å². The fourth-order valence-corrected chi connectivity index (χ4v) is 8.70. The van der Waals surface area contributed by atoms with Gasteiger partial charge >= 0.3 is 18.2 Å². The van der Waals surface area contributed by atoms with Crippen LogP contribution in [0.5, 0.6) is 11.5 Å². The molecule has 0 radical (unpaired) electrons. The number of hydrogen-bond donors (Lipinski definition) is 2. The summed E-state index contributed by atoms with van der Waals surface area (Å²) in [6, 6.07) is 8.71. The smallest absolute Gasteiger partial charge is 0.470 e. The quantitative estimate of drug-likeness (QED) is 0.166. The Morgan fingerprint density at radius 3 is 2.38 bits per heavy atom. The van der Waals surface area contributed by atoms with Crippen LogP contribution < -0.4 is 24.6 Å². The number of nitrogens with zero attached hydrogens (tertiary/aromatic N) is 8. The number of carboxylic acid groups (broad SMARTS) is 1. The van der Waals surface area contributed by atoms with Gasteiger partial charge in [-0.25, -0.2) is 19.7 Å². The summed E-state index contributed by atoms with van der Waals surface area (Å²) < 4.78 is 56.2. The van der Waals surface area contributed by atoms with Gasteiger partial charge in [-0.1, -0.05) is 20.8 Å². The fourth-order valence-electron chi connectivity index (χ4n) is 8.70. The number of piperidine rings is 1. The monoisotopic (exact) mass is 807 g/mol. The number of pyridine rings is 1. The van der Waals surface area contributed by atoms with E-state index in [1.54, 1.807) is 31.3 Å². The van der Waals surface area contributed by atoms with Crippen LogP contribution in [-0.4, -0.2) is 93.1 Å². The number of methoxy groups -OCH3 is 2. The summed E-state index contributed by atoms with van der Waals surface area (Å²) >= 11 is 0. The Morgan fingerprint density at radius 1 is 1.02 bits per heavy atom. The van der Waals surface area contributed by atoms with E-state index in [0.29, 0.717) is 80.0 Å². The number of nitrogens with one attached hydrogen (secondary N) is 1. The molecule has 2 fully saturated rings. The standard InChI is InChI=1S/C40H48F3N9O6/c1-37(2,3)39(15-8-16-52(39)36(54)55)21-44-26-11-12-27(33-48-49-34(58-33)40(41,42)43)47-30(26)23-13-17-50(18-14-23)31-29-32(46-22-45-31)51(35(53)38(29,4)5)20-24-9-10-25(56-6)19-28(24)57-7/h9-12,19,22-23,44H,8,13-18,20-21H2,1-7H3,(H,54,55)/t39-/m1/s1. The summed E-state index contributed by atoms with van der Waals surface area (Å²) in [7, 11) is 3.14. The molecule has 0 unspecified atom stereocenters. The number of carbonyl (C=O) groups is 2. The third-order valence-electron chi connectivity index (χ3n) is 12.0. The van der Waals surface area contributed by atoms with Crippen molar-refractivity contribution < 1.29 is 41.8 Å². The number of alkyl halides is 3. The molecule has 15 nitrogen and oxygen atoms in total. The first-order valence-corrected chi connectivity index (χ1v) is 19.2. The molecule has 2 saturated heterocycles. The van der Waals surface area contributed by atoms with Crippen molar-refractivity contribution in [1.29, 1.82) is 0 Å². The van der Waals surface area contributed by atoms with E-state index in [9.17, 15) is 27.9 Å². The van der Waals surface area contributed by atoms with Gasteiger partial charge in [-0.2, -0.15) is 13.2 Å². The van der Waals surface area contributed by atoms with E-state index in [2.05, 4.69) is 25.4 Å². The van der Waals surface area contributed by atoms with Crippen molar-refractivity contribution >= 4 is 29.3 Å². The fraction of sp³-hybridized carbons (Fsp3) is 0.525. The Morgan fingerprint density at radius 2 is 1.74 bits per heavy atom. The maximum Gasteiger partial charge on any atom is 0.470 e. The van der Waals surface area contributed by atoms with Crippen molar-refractivity contribution in [2.75, 3.05) is 55.5 Å². The first-order chi connectivity index (χ1) is 27.4. The molecule has 6 heterocycles. The van der Waals surface area contributed by atoms with Gasteiger partial charge in [-0.15, -0.1) is 10.2 Å².